The minimum absolute atomic E-state index is 0.0492. The van der Waals surface area contributed by atoms with Crippen molar-refractivity contribution < 1.29 is 9.53 Å². The van der Waals surface area contributed by atoms with E-state index in [1.54, 1.807) is 11.8 Å². The van der Waals surface area contributed by atoms with Crippen LogP contribution in [0, 0.1) is 0 Å². The van der Waals surface area contributed by atoms with Crippen molar-refractivity contribution >= 4 is 34.5 Å². The van der Waals surface area contributed by atoms with E-state index in [4.69, 9.17) is 14.7 Å². The first-order valence-corrected chi connectivity index (χ1v) is 12.2. The van der Waals surface area contributed by atoms with Gasteiger partial charge in [0.05, 0.1) is 31.3 Å². The zero-order valence-corrected chi connectivity index (χ0v) is 19.3. The normalized spacial score (nSPS) is 14.1. The summed E-state index contributed by atoms with van der Waals surface area (Å²) < 4.78 is 7.38. The van der Waals surface area contributed by atoms with Crippen molar-refractivity contribution in [3.8, 4) is 0 Å². The second-order valence-electron chi connectivity index (χ2n) is 7.72. The highest BCUT2D eigenvalue weighted by Gasteiger charge is 2.20. The summed E-state index contributed by atoms with van der Waals surface area (Å²) in [6.45, 7) is 6.26. The Morgan fingerprint density at radius 2 is 2.00 bits per heavy atom. The fourth-order valence-corrected chi connectivity index (χ4v) is 4.34. The number of hydrogen-bond acceptors (Lipinski definition) is 7. The zero-order valence-electron chi connectivity index (χ0n) is 18.5. The molecule has 1 fully saturated rings. The number of ether oxygens (including phenoxy) is 1. The van der Waals surface area contributed by atoms with E-state index >= 15 is 0 Å². The summed E-state index contributed by atoms with van der Waals surface area (Å²) in [6.07, 6.45) is 4.12. The predicted octanol–water partition coefficient (Wildman–Crippen LogP) is 2.91. The topological polar surface area (TPSA) is 85.2 Å². The van der Waals surface area contributed by atoms with Crippen molar-refractivity contribution in [3.63, 3.8) is 0 Å². The standard InChI is InChI=1S/C23H30N6O2S/c1-2-16-32-23-26-21(28-12-14-31-15-13-28)19-17-25-29(22(19)27-23)11-10-24-20(30)9-8-18-6-4-3-5-7-18/h3-7,17H,2,8-16H2,1H3,(H,24,30). The molecule has 1 aromatic carbocycles. The quantitative estimate of drug-likeness (QED) is 0.372. The lowest BCUT2D eigenvalue weighted by atomic mass is 10.1. The SMILES string of the molecule is CCCSc1nc(N2CCOCC2)c2cnn(CCNC(=O)CCc3ccccc3)c2n1. The Kier molecular flexibility index (Phi) is 7.95. The van der Waals surface area contributed by atoms with Crippen molar-refractivity contribution in [1.29, 1.82) is 0 Å². The van der Waals surface area contributed by atoms with Gasteiger partial charge in [-0.05, 0) is 18.4 Å². The molecule has 3 heterocycles. The van der Waals surface area contributed by atoms with Crippen LogP contribution in [0.5, 0.6) is 0 Å². The molecule has 1 aliphatic heterocycles. The molecule has 8 nitrogen and oxygen atoms in total. The van der Waals surface area contributed by atoms with Gasteiger partial charge in [0.25, 0.3) is 0 Å². The third-order valence-corrected chi connectivity index (χ3v) is 6.38. The number of benzene rings is 1. The summed E-state index contributed by atoms with van der Waals surface area (Å²) in [5.74, 6) is 1.95. The number of carbonyl (C=O) groups excluding carboxylic acids is 1. The van der Waals surface area contributed by atoms with Gasteiger partial charge < -0.3 is 15.0 Å². The Hall–Kier alpha value is -2.65. The molecule has 0 atom stereocenters. The zero-order chi connectivity index (χ0) is 22.2. The van der Waals surface area contributed by atoms with Crippen molar-refractivity contribution in [2.45, 2.75) is 37.9 Å². The van der Waals surface area contributed by atoms with Crippen molar-refractivity contribution in [1.82, 2.24) is 25.1 Å². The molecule has 1 aliphatic rings. The maximum Gasteiger partial charge on any atom is 0.220 e. The predicted molar refractivity (Wildman–Crippen MR) is 127 cm³/mol. The smallest absolute Gasteiger partial charge is 0.220 e. The van der Waals surface area contributed by atoms with Gasteiger partial charge in [-0.2, -0.15) is 5.10 Å². The van der Waals surface area contributed by atoms with E-state index in [0.717, 1.165) is 53.7 Å². The van der Waals surface area contributed by atoms with Gasteiger partial charge in [-0.3, -0.25) is 4.79 Å². The van der Waals surface area contributed by atoms with Gasteiger partial charge in [0.2, 0.25) is 5.91 Å². The summed E-state index contributed by atoms with van der Waals surface area (Å²) in [7, 11) is 0. The number of anilines is 1. The largest absolute Gasteiger partial charge is 0.378 e. The number of fused-ring (bicyclic) bond motifs is 1. The van der Waals surface area contributed by atoms with Crippen molar-refractivity contribution in [2.75, 3.05) is 43.5 Å². The average Bonchev–Trinajstić information content (AvgIpc) is 3.25. The van der Waals surface area contributed by atoms with E-state index in [2.05, 4.69) is 22.2 Å². The number of amides is 1. The Morgan fingerprint density at radius 1 is 1.19 bits per heavy atom. The molecule has 0 radical (unpaired) electrons. The van der Waals surface area contributed by atoms with E-state index in [9.17, 15) is 4.79 Å². The van der Waals surface area contributed by atoms with Crippen LogP contribution < -0.4 is 10.2 Å². The average molecular weight is 455 g/mol. The van der Waals surface area contributed by atoms with Crippen LogP contribution in [-0.2, 0) is 22.5 Å². The third kappa shape index (κ3) is 5.77. The van der Waals surface area contributed by atoms with Crippen LogP contribution in [0.25, 0.3) is 11.0 Å². The maximum atomic E-state index is 12.3. The Balaban J connectivity index is 1.42. The highest BCUT2D eigenvalue weighted by Crippen LogP contribution is 2.28. The van der Waals surface area contributed by atoms with Crippen LogP contribution in [0.3, 0.4) is 0 Å². The fraction of sp³-hybridized carbons (Fsp3) is 0.478. The lowest BCUT2D eigenvalue weighted by Gasteiger charge is -2.28. The first kappa shape index (κ1) is 22.5. The Morgan fingerprint density at radius 3 is 2.78 bits per heavy atom. The number of hydrogen-bond donors (Lipinski definition) is 1. The molecule has 0 saturated carbocycles. The number of carbonyl (C=O) groups is 1. The van der Waals surface area contributed by atoms with Crippen molar-refractivity contribution in [3.05, 3.63) is 42.1 Å². The van der Waals surface area contributed by atoms with E-state index in [1.807, 2.05) is 41.2 Å². The molecular weight excluding hydrogens is 424 g/mol. The first-order chi connectivity index (χ1) is 15.7. The molecule has 2 aromatic heterocycles. The number of aryl methyl sites for hydroxylation is 1. The molecule has 4 rings (SSSR count). The van der Waals surface area contributed by atoms with Crippen LogP contribution >= 0.6 is 11.8 Å². The van der Waals surface area contributed by atoms with Crippen LogP contribution in [0.15, 0.2) is 41.7 Å². The monoisotopic (exact) mass is 454 g/mol. The molecule has 3 aromatic rings. The van der Waals surface area contributed by atoms with E-state index in [0.29, 0.717) is 32.7 Å². The van der Waals surface area contributed by atoms with Crippen LogP contribution in [-0.4, -0.2) is 64.3 Å². The molecule has 1 amide bonds. The second kappa shape index (κ2) is 11.3. The summed E-state index contributed by atoms with van der Waals surface area (Å²) in [5.41, 5.74) is 1.99. The third-order valence-electron chi connectivity index (χ3n) is 5.33. The number of thioether (sulfide) groups is 1. The summed E-state index contributed by atoms with van der Waals surface area (Å²) in [4.78, 5) is 24.1. The summed E-state index contributed by atoms with van der Waals surface area (Å²) in [5, 5.41) is 9.29. The molecule has 0 spiro atoms. The second-order valence-corrected chi connectivity index (χ2v) is 8.78. The molecule has 0 bridgehead atoms. The molecule has 9 heteroatoms. The van der Waals surface area contributed by atoms with Gasteiger partial charge in [-0.15, -0.1) is 0 Å². The molecule has 1 saturated heterocycles. The minimum atomic E-state index is 0.0492. The van der Waals surface area contributed by atoms with Crippen LogP contribution in [0.2, 0.25) is 0 Å². The van der Waals surface area contributed by atoms with Gasteiger partial charge >= 0.3 is 0 Å². The van der Waals surface area contributed by atoms with E-state index in [1.165, 1.54) is 5.56 Å². The van der Waals surface area contributed by atoms with Crippen LogP contribution in [0.4, 0.5) is 5.82 Å². The molecule has 32 heavy (non-hydrogen) atoms. The first-order valence-electron chi connectivity index (χ1n) is 11.2. The maximum absolute atomic E-state index is 12.3. The number of morpholine rings is 1. The van der Waals surface area contributed by atoms with E-state index in [-0.39, 0.29) is 5.91 Å². The van der Waals surface area contributed by atoms with Crippen molar-refractivity contribution in [2.24, 2.45) is 0 Å². The fourth-order valence-electron chi connectivity index (χ4n) is 3.65. The van der Waals surface area contributed by atoms with Gasteiger partial charge in [0.15, 0.2) is 10.8 Å². The van der Waals surface area contributed by atoms with E-state index < -0.39 is 0 Å². The summed E-state index contributed by atoms with van der Waals surface area (Å²) >= 11 is 1.67. The van der Waals surface area contributed by atoms with Gasteiger partial charge in [-0.25, -0.2) is 14.6 Å². The molecule has 170 valence electrons. The number of rotatable bonds is 10. The van der Waals surface area contributed by atoms with Gasteiger partial charge in [0.1, 0.15) is 5.82 Å². The molecule has 0 unspecified atom stereocenters. The number of nitrogens with zero attached hydrogens (tertiary/aromatic N) is 5. The van der Waals surface area contributed by atoms with Gasteiger partial charge in [-0.1, -0.05) is 49.0 Å². The van der Waals surface area contributed by atoms with Gasteiger partial charge in [0, 0.05) is 31.8 Å². The lowest BCUT2D eigenvalue weighted by Crippen LogP contribution is -2.37. The molecular formula is C23H30N6O2S. The number of aromatic nitrogens is 4. The molecule has 0 aliphatic carbocycles. The lowest BCUT2D eigenvalue weighted by molar-refractivity contribution is -0.121. The molecule has 1 N–H and O–H groups in total. The number of nitrogens with one attached hydrogen (secondary N) is 1. The summed E-state index contributed by atoms with van der Waals surface area (Å²) in [6, 6.07) is 10.1. The highest BCUT2D eigenvalue weighted by molar-refractivity contribution is 7.99. The minimum Gasteiger partial charge on any atom is -0.378 e. The Labute approximate surface area is 192 Å². The highest BCUT2D eigenvalue weighted by atomic mass is 32.2. The van der Waals surface area contributed by atoms with Crippen LogP contribution in [0.1, 0.15) is 25.3 Å². The Bertz CT molecular complexity index is 1020.